The molecule has 1 heterocycles. The number of amides is 2. The van der Waals surface area contributed by atoms with Crippen molar-refractivity contribution in [3.63, 3.8) is 0 Å². The third-order valence-electron chi connectivity index (χ3n) is 5.26. The third-order valence-corrected chi connectivity index (χ3v) is 5.26. The van der Waals surface area contributed by atoms with E-state index in [1.807, 2.05) is 55.5 Å². The van der Waals surface area contributed by atoms with Gasteiger partial charge in [-0.1, -0.05) is 24.3 Å². The van der Waals surface area contributed by atoms with Gasteiger partial charge in [0.1, 0.15) is 5.82 Å². The average Bonchev–Trinajstić information content (AvgIpc) is 3.48. The second kappa shape index (κ2) is 8.47. The van der Waals surface area contributed by atoms with Crippen LogP contribution in [0.3, 0.4) is 0 Å². The van der Waals surface area contributed by atoms with Crippen LogP contribution in [0.25, 0.3) is 11.0 Å². The van der Waals surface area contributed by atoms with Crippen LogP contribution in [-0.4, -0.2) is 21.8 Å². The van der Waals surface area contributed by atoms with Crippen molar-refractivity contribution in [3.8, 4) is 0 Å². The molecule has 150 valence electrons. The van der Waals surface area contributed by atoms with Crippen LogP contribution in [0.4, 0.5) is 5.69 Å². The number of benzene rings is 2. The predicted octanol–water partition coefficient (Wildman–Crippen LogP) is 4.11. The van der Waals surface area contributed by atoms with Crippen LogP contribution in [0.1, 0.15) is 50.0 Å². The standard InChI is InChI=1S/C23H26N4O2/c1-15(16-11-13-18(14-12-16)25-23(29)17-9-10-17)24-22(28)8-4-7-21-26-19-5-2-3-6-20(19)27-21/h2-3,5-6,11-15,17H,4,7-10H2,1H3,(H,24,28)(H,25,29)(H,26,27). The number of aromatic amines is 1. The van der Waals surface area contributed by atoms with Crippen molar-refractivity contribution in [2.24, 2.45) is 5.92 Å². The Bertz CT molecular complexity index is 972. The summed E-state index contributed by atoms with van der Waals surface area (Å²) < 4.78 is 0. The molecule has 1 aromatic heterocycles. The number of aromatic nitrogens is 2. The van der Waals surface area contributed by atoms with E-state index >= 15 is 0 Å². The Morgan fingerprint density at radius 1 is 1.14 bits per heavy atom. The maximum absolute atomic E-state index is 12.3. The summed E-state index contributed by atoms with van der Waals surface area (Å²) in [6.45, 7) is 1.97. The second-order valence-corrected chi connectivity index (χ2v) is 7.73. The van der Waals surface area contributed by atoms with Crippen molar-refractivity contribution in [3.05, 3.63) is 59.9 Å². The maximum Gasteiger partial charge on any atom is 0.227 e. The molecule has 29 heavy (non-hydrogen) atoms. The molecule has 6 heteroatoms. The normalized spacial score (nSPS) is 14.5. The molecular formula is C23H26N4O2. The fraction of sp³-hybridized carbons (Fsp3) is 0.348. The number of hydrogen-bond acceptors (Lipinski definition) is 3. The number of rotatable bonds is 8. The number of imidazole rings is 1. The van der Waals surface area contributed by atoms with Crippen LogP contribution in [0, 0.1) is 5.92 Å². The van der Waals surface area contributed by atoms with Crippen molar-refractivity contribution in [1.29, 1.82) is 0 Å². The summed E-state index contributed by atoms with van der Waals surface area (Å²) >= 11 is 0. The largest absolute Gasteiger partial charge is 0.350 e. The van der Waals surface area contributed by atoms with Crippen LogP contribution in [0.2, 0.25) is 0 Å². The first-order chi connectivity index (χ1) is 14.1. The fourth-order valence-electron chi connectivity index (χ4n) is 3.38. The number of anilines is 1. The molecule has 0 radical (unpaired) electrons. The van der Waals surface area contributed by atoms with E-state index in [9.17, 15) is 9.59 Å². The molecule has 4 rings (SSSR count). The van der Waals surface area contributed by atoms with Gasteiger partial charge in [-0.05, 0) is 56.0 Å². The van der Waals surface area contributed by atoms with Crippen molar-refractivity contribution in [1.82, 2.24) is 15.3 Å². The highest BCUT2D eigenvalue weighted by Gasteiger charge is 2.29. The zero-order valence-corrected chi connectivity index (χ0v) is 16.6. The molecule has 1 aliphatic rings. The van der Waals surface area contributed by atoms with E-state index in [0.717, 1.165) is 53.8 Å². The Kier molecular flexibility index (Phi) is 5.60. The summed E-state index contributed by atoms with van der Waals surface area (Å²) in [7, 11) is 0. The number of nitrogens with zero attached hydrogens (tertiary/aromatic N) is 1. The number of aryl methyl sites for hydroxylation is 1. The minimum atomic E-state index is -0.0816. The summed E-state index contributed by atoms with van der Waals surface area (Å²) in [5.74, 6) is 1.23. The van der Waals surface area contributed by atoms with Gasteiger partial charge >= 0.3 is 0 Å². The average molecular weight is 390 g/mol. The van der Waals surface area contributed by atoms with Crippen LogP contribution < -0.4 is 10.6 Å². The van der Waals surface area contributed by atoms with Crippen LogP contribution in [0.15, 0.2) is 48.5 Å². The second-order valence-electron chi connectivity index (χ2n) is 7.73. The molecule has 3 N–H and O–H groups in total. The highest BCUT2D eigenvalue weighted by atomic mass is 16.2. The zero-order valence-electron chi connectivity index (χ0n) is 16.6. The molecule has 0 spiro atoms. The quantitative estimate of drug-likeness (QED) is 0.541. The van der Waals surface area contributed by atoms with Crippen molar-refractivity contribution >= 4 is 28.5 Å². The molecule has 0 aliphatic heterocycles. The third kappa shape index (κ3) is 5.02. The van der Waals surface area contributed by atoms with Gasteiger partial charge in [0.05, 0.1) is 17.1 Å². The number of fused-ring (bicyclic) bond motifs is 1. The molecule has 1 saturated carbocycles. The van der Waals surface area contributed by atoms with Gasteiger partial charge in [0.2, 0.25) is 11.8 Å². The van der Waals surface area contributed by atoms with Gasteiger partial charge in [-0.25, -0.2) is 4.98 Å². The van der Waals surface area contributed by atoms with Crippen molar-refractivity contribution in [2.75, 3.05) is 5.32 Å². The smallest absolute Gasteiger partial charge is 0.227 e. The molecule has 3 aromatic rings. The predicted molar refractivity (Wildman–Crippen MR) is 113 cm³/mol. The van der Waals surface area contributed by atoms with Crippen LogP contribution >= 0.6 is 0 Å². The van der Waals surface area contributed by atoms with Gasteiger partial charge in [-0.3, -0.25) is 9.59 Å². The van der Waals surface area contributed by atoms with Crippen LogP contribution in [0.5, 0.6) is 0 Å². The number of H-pyrrole nitrogens is 1. The minimum Gasteiger partial charge on any atom is -0.350 e. The van der Waals surface area contributed by atoms with E-state index in [-0.39, 0.29) is 23.8 Å². The molecule has 1 atom stereocenters. The lowest BCUT2D eigenvalue weighted by atomic mass is 10.1. The summed E-state index contributed by atoms with van der Waals surface area (Å²) in [5, 5.41) is 5.97. The number of carbonyl (C=O) groups excluding carboxylic acids is 2. The molecule has 1 aliphatic carbocycles. The molecular weight excluding hydrogens is 364 g/mol. The minimum absolute atomic E-state index is 0.0275. The lowest BCUT2D eigenvalue weighted by Gasteiger charge is -2.15. The van der Waals surface area contributed by atoms with Crippen LogP contribution in [-0.2, 0) is 16.0 Å². The van der Waals surface area contributed by atoms with Crippen molar-refractivity contribution < 1.29 is 9.59 Å². The Labute approximate surface area is 170 Å². The Hall–Kier alpha value is -3.15. The Morgan fingerprint density at radius 2 is 1.90 bits per heavy atom. The van der Waals surface area contributed by atoms with E-state index in [2.05, 4.69) is 20.6 Å². The van der Waals surface area contributed by atoms with Gasteiger partial charge in [-0.2, -0.15) is 0 Å². The van der Waals surface area contributed by atoms with Crippen molar-refractivity contribution in [2.45, 2.75) is 45.1 Å². The molecule has 1 unspecified atom stereocenters. The van der Waals surface area contributed by atoms with E-state index in [0.29, 0.717) is 6.42 Å². The summed E-state index contributed by atoms with van der Waals surface area (Å²) in [5.41, 5.74) is 3.80. The first-order valence-electron chi connectivity index (χ1n) is 10.2. The zero-order chi connectivity index (χ0) is 20.2. The monoisotopic (exact) mass is 390 g/mol. The fourth-order valence-corrected chi connectivity index (χ4v) is 3.38. The molecule has 0 bridgehead atoms. The summed E-state index contributed by atoms with van der Waals surface area (Å²) in [4.78, 5) is 31.9. The summed E-state index contributed by atoms with van der Waals surface area (Å²) in [6, 6.07) is 15.5. The van der Waals surface area contributed by atoms with Gasteiger partial charge in [-0.15, -0.1) is 0 Å². The van der Waals surface area contributed by atoms with Gasteiger partial charge in [0.15, 0.2) is 0 Å². The lowest BCUT2D eigenvalue weighted by molar-refractivity contribution is -0.121. The van der Waals surface area contributed by atoms with E-state index in [1.165, 1.54) is 0 Å². The molecule has 2 amide bonds. The van der Waals surface area contributed by atoms with Gasteiger partial charge < -0.3 is 15.6 Å². The molecule has 2 aromatic carbocycles. The van der Waals surface area contributed by atoms with E-state index in [4.69, 9.17) is 0 Å². The lowest BCUT2D eigenvalue weighted by Crippen LogP contribution is -2.26. The number of nitrogens with one attached hydrogen (secondary N) is 3. The first-order valence-corrected chi connectivity index (χ1v) is 10.2. The molecule has 6 nitrogen and oxygen atoms in total. The number of hydrogen-bond donors (Lipinski definition) is 3. The topological polar surface area (TPSA) is 86.9 Å². The molecule has 1 fully saturated rings. The number of para-hydroxylation sites is 2. The Morgan fingerprint density at radius 3 is 2.62 bits per heavy atom. The highest BCUT2D eigenvalue weighted by Crippen LogP contribution is 2.30. The maximum atomic E-state index is 12.3. The SMILES string of the molecule is CC(NC(=O)CCCc1nc2ccccc2[nH]1)c1ccc(NC(=O)C2CC2)cc1. The van der Waals surface area contributed by atoms with Gasteiger partial charge in [0.25, 0.3) is 0 Å². The van der Waals surface area contributed by atoms with E-state index in [1.54, 1.807) is 0 Å². The molecule has 0 saturated heterocycles. The first kappa shape index (κ1) is 19.2. The number of carbonyl (C=O) groups is 2. The van der Waals surface area contributed by atoms with Gasteiger partial charge in [0, 0.05) is 24.4 Å². The highest BCUT2D eigenvalue weighted by molar-refractivity contribution is 5.94. The Balaban J connectivity index is 1.22. The van der Waals surface area contributed by atoms with E-state index < -0.39 is 0 Å². The summed E-state index contributed by atoms with van der Waals surface area (Å²) in [6.07, 6.45) is 3.92.